The van der Waals surface area contributed by atoms with Crippen LogP contribution in [0.15, 0.2) is 42.6 Å². The third-order valence-corrected chi connectivity index (χ3v) is 9.13. The number of nitrogens with one attached hydrogen (secondary N) is 1. The number of rotatable bonds is 10. The van der Waals surface area contributed by atoms with Crippen LogP contribution in [0.25, 0.3) is 5.69 Å². The second-order valence-electron chi connectivity index (χ2n) is 12.3. The van der Waals surface area contributed by atoms with Gasteiger partial charge in [-0.3, -0.25) is 4.79 Å². The van der Waals surface area contributed by atoms with Crippen LogP contribution >= 0.6 is 0 Å². The molecule has 3 aromatic rings. The standard InChI is InChI=1S/C33H44N6O2/c1-24-11-17-39(36-24)31-19-27(18-30(21-31)38-14-3-2-4-15-38)28(20-32(40)41)23-37-16-12-25(22-37)7-9-29-10-8-26-6-5-13-34-33(26)35-29/h8,10-11,17-19,21,25,28H,2-7,9,12-16,20,22-23H2,1H3,(H,34,35)(H,40,41)/t25-,28?/m1/s1. The zero-order valence-electron chi connectivity index (χ0n) is 24.4. The van der Waals surface area contributed by atoms with Gasteiger partial charge in [0.05, 0.1) is 17.8 Å². The van der Waals surface area contributed by atoms with Crippen LogP contribution in [0.3, 0.4) is 0 Å². The van der Waals surface area contributed by atoms with E-state index in [1.54, 1.807) is 0 Å². The SMILES string of the molecule is Cc1ccn(-c2cc(C(CC(=O)O)CN3CC[C@@H](CCc4ccc5c(n4)NCCC5)C3)cc(N3CCCCC3)c2)n1. The molecule has 0 aliphatic carbocycles. The minimum absolute atomic E-state index is 0.0696. The van der Waals surface area contributed by atoms with Gasteiger partial charge in [-0.1, -0.05) is 6.07 Å². The van der Waals surface area contributed by atoms with Gasteiger partial charge in [-0.25, -0.2) is 9.67 Å². The molecule has 1 aromatic carbocycles. The first kappa shape index (κ1) is 27.8. The van der Waals surface area contributed by atoms with Crippen LogP contribution in [0.4, 0.5) is 11.5 Å². The van der Waals surface area contributed by atoms with E-state index in [9.17, 15) is 9.90 Å². The Bertz CT molecular complexity index is 1350. The first-order valence-corrected chi connectivity index (χ1v) is 15.6. The first-order chi connectivity index (χ1) is 20.0. The number of hydrogen-bond donors (Lipinski definition) is 2. The summed E-state index contributed by atoms with van der Waals surface area (Å²) in [5.41, 5.74) is 6.79. The second kappa shape index (κ2) is 12.6. The van der Waals surface area contributed by atoms with Crippen molar-refractivity contribution in [1.82, 2.24) is 19.7 Å². The summed E-state index contributed by atoms with van der Waals surface area (Å²) >= 11 is 0. The summed E-state index contributed by atoms with van der Waals surface area (Å²) in [6.07, 6.45) is 11.4. The smallest absolute Gasteiger partial charge is 0.304 e. The number of anilines is 2. The Balaban J connectivity index is 1.16. The minimum atomic E-state index is -0.738. The maximum Gasteiger partial charge on any atom is 0.304 e. The van der Waals surface area contributed by atoms with Gasteiger partial charge in [-0.2, -0.15) is 5.10 Å². The van der Waals surface area contributed by atoms with E-state index in [0.717, 1.165) is 87.7 Å². The van der Waals surface area contributed by atoms with Crippen LogP contribution in [0.2, 0.25) is 0 Å². The van der Waals surface area contributed by atoms with E-state index in [2.05, 4.69) is 50.5 Å². The molecule has 218 valence electrons. The normalized spacial score (nSPS) is 20.0. The number of aryl methyl sites for hydroxylation is 3. The molecule has 5 heterocycles. The maximum atomic E-state index is 12.1. The lowest BCUT2D eigenvalue weighted by atomic mass is 9.93. The number of benzene rings is 1. The molecule has 0 radical (unpaired) electrons. The van der Waals surface area contributed by atoms with Gasteiger partial charge in [0.1, 0.15) is 5.82 Å². The van der Waals surface area contributed by atoms with E-state index < -0.39 is 5.97 Å². The fourth-order valence-corrected chi connectivity index (χ4v) is 6.86. The molecule has 8 heteroatoms. The molecule has 41 heavy (non-hydrogen) atoms. The molecular weight excluding hydrogens is 512 g/mol. The summed E-state index contributed by atoms with van der Waals surface area (Å²) in [6, 6.07) is 13.1. The van der Waals surface area contributed by atoms with E-state index in [0.29, 0.717) is 5.92 Å². The average molecular weight is 557 g/mol. The van der Waals surface area contributed by atoms with Gasteiger partial charge in [0.25, 0.3) is 0 Å². The highest BCUT2D eigenvalue weighted by atomic mass is 16.4. The molecule has 2 atom stereocenters. The molecule has 2 aromatic heterocycles. The molecule has 2 N–H and O–H groups in total. The van der Waals surface area contributed by atoms with Crippen LogP contribution in [0.1, 0.15) is 73.4 Å². The van der Waals surface area contributed by atoms with Crippen LogP contribution in [0.5, 0.6) is 0 Å². The molecule has 1 unspecified atom stereocenters. The molecule has 0 amide bonds. The van der Waals surface area contributed by atoms with Gasteiger partial charge in [0.2, 0.25) is 0 Å². The number of pyridine rings is 1. The van der Waals surface area contributed by atoms with E-state index in [4.69, 9.17) is 4.98 Å². The van der Waals surface area contributed by atoms with Gasteiger partial charge >= 0.3 is 5.97 Å². The van der Waals surface area contributed by atoms with Gasteiger partial charge in [-0.05, 0) is 112 Å². The number of aromatic nitrogens is 3. The van der Waals surface area contributed by atoms with Crippen molar-refractivity contribution >= 4 is 17.5 Å². The lowest BCUT2D eigenvalue weighted by Gasteiger charge is -2.31. The first-order valence-electron chi connectivity index (χ1n) is 15.6. The zero-order valence-corrected chi connectivity index (χ0v) is 24.4. The van der Waals surface area contributed by atoms with Crippen LogP contribution in [-0.2, 0) is 17.6 Å². The van der Waals surface area contributed by atoms with Crippen molar-refractivity contribution in [1.29, 1.82) is 0 Å². The van der Waals surface area contributed by atoms with Gasteiger partial charge in [0, 0.05) is 56.2 Å². The van der Waals surface area contributed by atoms with Crippen molar-refractivity contribution in [2.75, 3.05) is 49.5 Å². The molecule has 0 bridgehead atoms. The number of carbonyl (C=O) groups is 1. The predicted molar refractivity (Wildman–Crippen MR) is 163 cm³/mol. The fourth-order valence-electron chi connectivity index (χ4n) is 6.86. The Morgan fingerprint density at radius 1 is 1.07 bits per heavy atom. The second-order valence-corrected chi connectivity index (χ2v) is 12.3. The van der Waals surface area contributed by atoms with Crippen LogP contribution < -0.4 is 10.2 Å². The molecule has 2 fully saturated rings. The lowest BCUT2D eigenvalue weighted by Crippen LogP contribution is -2.30. The minimum Gasteiger partial charge on any atom is -0.481 e. The molecule has 0 spiro atoms. The van der Waals surface area contributed by atoms with Crippen molar-refractivity contribution in [2.45, 2.75) is 70.6 Å². The Morgan fingerprint density at radius 2 is 1.93 bits per heavy atom. The largest absolute Gasteiger partial charge is 0.481 e. The lowest BCUT2D eigenvalue weighted by molar-refractivity contribution is -0.137. The van der Waals surface area contributed by atoms with Gasteiger partial charge < -0.3 is 20.2 Å². The molecule has 2 saturated heterocycles. The average Bonchev–Trinajstić information content (AvgIpc) is 3.64. The topological polar surface area (TPSA) is 86.5 Å². The molecule has 8 nitrogen and oxygen atoms in total. The van der Waals surface area contributed by atoms with Crippen molar-refractivity contribution in [3.8, 4) is 5.69 Å². The third-order valence-electron chi connectivity index (χ3n) is 9.13. The third kappa shape index (κ3) is 6.92. The number of hydrogen-bond acceptors (Lipinski definition) is 6. The van der Waals surface area contributed by atoms with E-state index in [1.807, 2.05) is 23.9 Å². The summed E-state index contributed by atoms with van der Waals surface area (Å²) in [5, 5.41) is 18.0. The number of piperidine rings is 1. The van der Waals surface area contributed by atoms with E-state index in [1.165, 1.54) is 42.6 Å². The maximum absolute atomic E-state index is 12.1. The fraction of sp³-hybridized carbons (Fsp3) is 0.545. The molecule has 3 aliphatic rings. The number of carboxylic acids is 1. The highest BCUT2D eigenvalue weighted by Crippen LogP contribution is 2.32. The predicted octanol–water partition coefficient (Wildman–Crippen LogP) is 5.44. The Labute approximate surface area is 243 Å². The summed E-state index contributed by atoms with van der Waals surface area (Å²) in [4.78, 5) is 21.9. The summed E-state index contributed by atoms with van der Waals surface area (Å²) in [5.74, 6) is 0.890. The van der Waals surface area contributed by atoms with Gasteiger partial charge in [-0.15, -0.1) is 0 Å². The quantitative estimate of drug-likeness (QED) is 0.344. The molecular formula is C33H44N6O2. The van der Waals surface area contributed by atoms with Crippen molar-refractivity contribution in [2.24, 2.45) is 5.92 Å². The number of carboxylic acid groups (broad SMARTS) is 1. The molecule has 0 saturated carbocycles. The summed E-state index contributed by atoms with van der Waals surface area (Å²) in [7, 11) is 0. The summed E-state index contributed by atoms with van der Waals surface area (Å²) < 4.78 is 1.93. The molecule has 3 aliphatic heterocycles. The number of fused-ring (bicyclic) bond motifs is 1. The summed E-state index contributed by atoms with van der Waals surface area (Å²) in [6.45, 7) is 7.93. The van der Waals surface area contributed by atoms with Crippen LogP contribution in [-0.4, -0.2) is 70.0 Å². The zero-order chi connectivity index (χ0) is 28.2. The number of aliphatic carboxylic acids is 1. The number of likely N-dealkylation sites (tertiary alicyclic amines) is 1. The monoisotopic (exact) mass is 556 g/mol. The van der Waals surface area contributed by atoms with Crippen molar-refractivity contribution < 1.29 is 9.90 Å². The van der Waals surface area contributed by atoms with Gasteiger partial charge in [0.15, 0.2) is 0 Å². The highest BCUT2D eigenvalue weighted by Gasteiger charge is 2.28. The van der Waals surface area contributed by atoms with Crippen molar-refractivity contribution in [3.05, 3.63) is 65.1 Å². The van der Waals surface area contributed by atoms with Crippen molar-refractivity contribution in [3.63, 3.8) is 0 Å². The number of nitrogens with zero attached hydrogens (tertiary/aromatic N) is 5. The molecule has 6 rings (SSSR count). The Morgan fingerprint density at radius 3 is 2.73 bits per heavy atom. The van der Waals surface area contributed by atoms with E-state index >= 15 is 0 Å². The highest BCUT2D eigenvalue weighted by molar-refractivity contribution is 5.68. The Kier molecular flexibility index (Phi) is 8.56. The Hall–Kier alpha value is -3.39. The van der Waals surface area contributed by atoms with E-state index in [-0.39, 0.29) is 12.3 Å². The van der Waals surface area contributed by atoms with Crippen LogP contribution in [0, 0.1) is 12.8 Å².